The fourth-order valence-corrected chi connectivity index (χ4v) is 1.58. The van der Waals surface area contributed by atoms with E-state index in [1.165, 1.54) is 11.8 Å². The van der Waals surface area contributed by atoms with Crippen LogP contribution >= 0.6 is 0 Å². The maximum absolute atomic E-state index is 12.4. The van der Waals surface area contributed by atoms with Crippen LogP contribution < -0.4 is 4.90 Å². The Labute approximate surface area is 107 Å². The summed E-state index contributed by atoms with van der Waals surface area (Å²) in [5.41, 5.74) is -0.0214. The van der Waals surface area contributed by atoms with E-state index >= 15 is 0 Å². The number of anilines is 1. The van der Waals surface area contributed by atoms with Gasteiger partial charge in [-0.1, -0.05) is 39.0 Å². The molecule has 0 aliphatic carbocycles. The average Bonchev–Trinajstić information content (AvgIpc) is 2.29. The highest BCUT2D eigenvalue weighted by atomic mass is 16.4. The second kappa shape index (κ2) is 5.21. The maximum Gasteiger partial charge on any atom is 0.326 e. The topological polar surface area (TPSA) is 57.6 Å². The van der Waals surface area contributed by atoms with Gasteiger partial charge in [-0.05, 0) is 19.1 Å². The molecule has 0 radical (unpaired) electrons. The van der Waals surface area contributed by atoms with Gasteiger partial charge in [-0.15, -0.1) is 0 Å². The number of benzene rings is 1. The molecule has 0 fully saturated rings. The maximum atomic E-state index is 12.4. The first kappa shape index (κ1) is 14.2. The lowest BCUT2D eigenvalue weighted by molar-refractivity contribution is -0.140. The van der Waals surface area contributed by atoms with Crippen LogP contribution in [0.15, 0.2) is 30.3 Å². The molecule has 0 unspecified atom stereocenters. The zero-order valence-electron chi connectivity index (χ0n) is 11.2. The Morgan fingerprint density at radius 3 is 2.06 bits per heavy atom. The third-order valence-corrected chi connectivity index (χ3v) is 2.64. The number of carbonyl (C=O) groups excluding carboxylic acids is 1. The van der Waals surface area contributed by atoms with Crippen LogP contribution in [0.1, 0.15) is 27.7 Å². The SMILES string of the molecule is C[C@@H](C(=O)O)N(C(=O)C(C)(C)C)c1ccccc1. The van der Waals surface area contributed by atoms with Gasteiger partial charge in [0.05, 0.1) is 0 Å². The third-order valence-electron chi connectivity index (χ3n) is 2.64. The molecule has 0 heterocycles. The van der Waals surface area contributed by atoms with Crippen LogP contribution in [-0.4, -0.2) is 23.0 Å². The zero-order chi connectivity index (χ0) is 13.9. The molecular weight excluding hydrogens is 230 g/mol. The Bertz CT molecular complexity index is 434. The van der Waals surface area contributed by atoms with Crippen LogP contribution in [0.25, 0.3) is 0 Å². The van der Waals surface area contributed by atoms with Crippen molar-refractivity contribution in [2.45, 2.75) is 33.7 Å². The van der Waals surface area contributed by atoms with Crippen LogP contribution in [0.4, 0.5) is 5.69 Å². The van der Waals surface area contributed by atoms with Crippen LogP contribution in [0.3, 0.4) is 0 Å². The molecule has 0 saturated carbocycles. The van der Waals surface area contributed by atoms with Gasteiger partial charge in [0.25, 0.3) is 0 Å². The van der Waals surface area contributed by atoms with Crippen molar-refractivity contribution in [2.24, 2.45) is 5.41 Å². The second-order valence-corrected chi connectivity index (χ2v) is 5.27. The number of carbonyl (C=O) groups is 2. The van der Waals surface area contributed by atoms with Crippen molar-refractivity contribution in [3.8, 4) is 0 Å². The van der Waals surface area contributed by atoms with Crippen molar-refractivity contribution >= 4 is 17.6 Å². The van der Waals surface area contributed by atoms with E-state index in [0.29, 0.717) is 5.69 Å². The summed E-state index contributed by atoms with van der Waals surface area (Å²) < 4.78 is 0. The van der Waals surface area contributed by atoms with E-state index in [1.54, 1.807) is 45.0 Å². The number of para-hydroxylation sites is 1. The zero-order valence-corrected chi connectivity index (χ0v) is 11.2. The molecule has 1 N–H and O–H groups in total. The number of hydrogen-bond donors (Lipinski definition) is 1. The van der Waals surface area contributed by atoms with Crippen molar-refractivity contribution in [1.29, 1.82) is 0 Å². The number of hydrogen-bond acceptors (Lipinski definition) is 2. The smallest absolute Gasteiger partial charge is 0.326 e. The summed E-state index contributed by atoms with van der Waals surface area (Å²) in [6.45, 7) is 6.85. The molecule has 1 amide bonds. The first-order valence-electron chi connectivity index (χ1n) is 5.86. The van der Waals surface area contributed by atoms with E-state index in [-0.39, 0.29) is 5.91 Å². The fraction of sp³-hybridized carbons (Fsp3) is 0.429. The Hall–Kier alpha value is -1.84. The van der Waals surface area contributed by atoms with Gasteiger partial charge >= 0.3 is 5.97 Å². The molecule has 0 aliphatic heterocycles. The third kappa shape index (κ3) is 3.09. The number of amides is 1. The first-order valence-corrected chi connectivity index (χ1v) is 5.86. The molecule has 1 rings (SSSR count). The molecule has 0 bridgehead atoms. The highest BCUT2D eigenvalue weighted by Crippen LogP contribution is 2.25. The lowest BCUT2D eigenvalue weighted by atomic mass is 9.93. The molecule has 0 spiro atoms. The van der Waals surface area contributed by atoms with Gasteiger partial charge < -0.3 is 5.11 Å². The van der Waals surface area contributed by atoms with Gasteiger partial charge in [-0.2, -0.15) is 0 Å². The summed E-state index contributed by atoms with van der Waals surface area (Å²) in [6.07, 6.45) is 0. The molecule has 0 aromatic heterocycles. The molecule has 1 atom stereocenters. The van der Waals surface area contributed by atoms with Crippen molar-refractivity contribution in [3.63, 3.8) is 0 Å². The molecular formula is C14H19NO3. The van der Waals surface area contributed by atoms with Crippen LogP contribution in [-0.2, 0) is 9.59 Å². The number of carboxylic acids is 1. The van der Waals surface area contributed by atoms with E-state index in [4.69, 9.17) is 5.11 Å². The Morgan fingerprint density at radius 1 is 1.17 bits per heavy atom. The molecule has 0 aliphatic rings. The quantitative estimate of drug-likeness (QED) is 0.895. The van der Waals surface area contributed by atoms with Gasteiger partial charge in [-0.25, -0.2) is 4.79 Å². The van der Waals surface area contributed by atoms with Crippen LogP contribution in [0.2, 0.25) is 0 Å². The monoisotopic (exact) mass is 249 g/mol. The first-order chi connectivity index (χ1) is 8.25. The van der Waals surface area contributed by atoms with Gasteiger partial charge in [-0.3, -0.25) is 9.69 Å². The number of aliphatic carboxylic acids is 1. The van der Waals surface area contributed by atoms with E-state index in [2.05, 4.69) is 0 Å². The number of rotatable bonds is 3. The van der Waals surface area contributed by atoms with Gasteiger partial charge in [0, 0.05) is 11.1 Å². The molecule has 4 nitrogen and oxygen atoms in total. The molecule has 4 heteroatoms. The van der Waals surface area contributed by atoms with E-state index in [9.17, 15) is 9.59 Å². The Morgan fingerprint density at radius 2 is 1.67 bits per heavy atom. The summed E-state index contributed by atoms with van der Waals surface area (Å²) >= 11 is 0. The van der Waals surface area contributed by atoms with Crippen LogP contribution in [0.5, 0.6) is 0 Å². The molecule has 1 aromatic carbocycles. The van der Waals surface area contributed by atoms with Crippen molar-refractivity contribution in [2.75, 3.05) is 4.90 Å². The van der Waals surface area contributed by atoms with Crippen LogP contribution in [0, 0.1) is 5.41 Å². The number of carboxylic acid groups (broad SMARTS) is 1. The Kier molecular flexibility index (Phi) is 4.11. The average molecular weight is 249 g/mol. The van der Waals surface area contributed by atoms with Crippen molar-refractivity contribution < 1.29 is 14.7 Å². The van der Waals surface area contributed by atoms with Gasteiger partial charge in [0.2, 0.25) is 5.91 Å². The van der Waals surface area contributed by atoms with Gasteiger partial charge in [0.15, 0.2) is 0 Å². The normalized spacial score (nSPS) is 12.9. The predicted octanol–water partition coefficient (Wildman–Crippen LogP) is 2.54. The summed E-state index contributed by atoms with van der Waals surface area (Å²) in [5, 5.41) is 9.13. The minimum atomic E-state index is -1.02. The lowest BCUT2D eigenvalue weighted by Gasteiger charge is -2.32. The van der Waals surface area contributed by atoms with Gasteiger partial charge in [0.1, 0.15) is 6.04 Å². The molecule has 1 aromatic rings. The fourth-order valence-electron chi connectivity index (χ4n) is 1.58. The standard InChI is InChI=1S/C14H19NO3/c1-10(12(16)17)15(13(18)14(2,3)4)11-8-6-5-7-9-11/h5-10H,1-4H3,(H,16,17)/t10-/m0/s1. The second-order valence-electron chi connectivity index (χ2n) is 5.27. The van der Waals surface area contributed by atoms with Crippen molar-refractivity contribution in [1.82, 2.24) is 0 Å². The highest BCUT2D eigenvalue weighted by molar-refractivity contribution is 6.01. The molecule has 18 heavy (non-hydrogen) atoms. The van der Waals surface area contributed by atoms with Crippen molar-refractivity contribution in [3.05, 3.63) is 30.3 Å². The molecule has 98 valence electrons. The summed E-state index contributed by atoms with van der Waals surface area (Å²) in [6, 6.07) is 7.99. The summed E-state index contributed by atoms with van der Waals surface area (Å²) in [4.78, 5) is 24.9. The summed E-state index contributed by atoms with van der Waals surface area (Å²) in [5.74, 6) is -1.22. The molecule has 0 saturated heterocycles. The van der Waals surface area contributed by atoms with E-state index in [1.807, 2.05) is 6.07 Å². The predicted molar refractivity (Wildman–Crippen MR) is 70.5 cm³/mol. The van der Waals surface area contributed by atoms with E-state index < -0.39 is 17.4 Å². The summed E-state index contributed by atoms with van der Waals surface area (Å²) in [7, 11) is 0. The number of nitrogens with zero attached hydrogens (tertiary/aromatic N) is 1. The lowest BCUT2D eigenvalue weighted by Crippen LogP contribution is -2.48. The van der Waals surface area contributed by atoms with E-state index in [0.717, 1.165) is 0 Å². The minimum absolute atomic E-state index is 0.205. The largest absolute Gasteiger partial charge is 0.480 e. The highest BCUT2D eigenvalue weighted by Gasteiger charge is 2.34. The minimum Gasteiger partial charge on any atom is -0.480 e. The Balaban J connectivity index is 3.20.